The van der Waals surface area contributed by atoms with Crippen molar-refractivity contribution in [3.63, 3.8) is 0 Å². The molecule has 1 fully saturated rings. The van der Waals surface area contributed by atoms with Crippen LogP contribution in [0.3, 0.4) is 0 Å². The van der Waals surface area contributed by atoms with Crippen molar-refractivity contribution in [2.75, 3.05) is 39.0 Å². The Morgan fingerprint density at radius 2 is 1.64 bits per heavy atom. The highest BCUT2D eigenvalue weighted by Gasteiger charge is 2.27. The van der Waals surface area contributed by atoms with Gasteiger partial charge >= 0.3 is 0 Å². The number of hydrogen-bond acceptors (Lipinski definition) is 6. The summed E-state index contributed by atoms with van der Waals surface area (Å²) in [5.74, 6) is 0.334. The molecule has 0 radical (unpaired) electrons. The van der Waals surface area contributed by atoms with Gasteiger partial charge in [0.05, 0.1) is 17.8 Å². The molecule has 2 aromatic carbocycles. The number of amides is 1. The lowest BCUT2D eigenvalue weighted by Crippen LogP contribution is -2.38. The first-order valence-electron chi connectivity index (χ1n) is 12.2. The number of carbonyl (C=O) groups is 1. The van der Waals surface area contributed by atoms with Gasteiger partial charge in [-0.25, -0.2) is 16.8 Å². The summed E-state index contributed by atoms with van der Waals surface area (Å²) in [5, 5.41) is 2.73. The molecule has 1 saturated heterocycles. The zero-order valence-electron chi connectivity index (χ0n) is 20.5. The van der Waals surface area contributed by atoms with E-state index in [-0.39, 0.29) is 29.5 Å². The molecule has 2 aromatic rings. The Labute approximate surface area is 213 Å². The van der Waals surface area contributed by atoms with E-state index in [4.69, 9.17) is 4.74 Å². The maximum Gasteiger partial charge on any atom is 0.251 e. The zero-order chi connectivity index (χ0) is 25.8. The number of methoxy groups -OCH3 is 1. The molecule has 11 heteroatoms. The van der Waals surface area contributed by atoms with Crippen LogP contribution in [0.5, 0.6) is 5.75 Å². The molecule has 0 spiro atoms. The van der Waals surface area contributed by atoms with Crippen LogP contribution in [-0.2, 0) is 33.0 Å². The zero-order valence-corrected chi connectivity index (χ0v) is 22.1. The summed E-state index contributed by atoms with van der Waals surface area (Å²) in [6.07, 6.45) is 3.66. The fourth-order valence-electron chi connectivity index (χ4n) is 4.59. The Morgan fingerprint density at radius 3 is 2.33 bits per heavy atom. The number of nitrogens with zero attached hydrogens (tertiary/aromatic N) is 2. The van der Waals surface area contributed by atoms with Gasteiger partial charge in [-0.2, -0.15) is 8.61 Å². The molecule has 0 aliphatic carbocycles. The molecule has 0 aromatic heterocycles. The van der Waals surface area contributed by atoms with Crippen molar-refractivity contribution in [1.29, 1.82) is 0 Å². The number of nitrogens with one attached hydrogen (secondary N) is 1. The molecule has 0 bridgehead atoms. The van der Waals surface area contributed by atoms with Crippen LogP contribution in [0, 0.1) is 0 Å². The summed E-state index contributed by atoms with van der Waals surface area (Å²) >= 11 is 0. The number of benzene rings is 2. The number of ether oxygens (including phenoxy) is 1. The van der Waals surface area contributed by atoms with Gasteiger partial charge in [-0.05, 0) is 73.2 Å². The third-order valence-electron chi connectivity index (χ3n) is 6.72. The van der Waals surface area contributed by atoms with E-state index in [1.807, 2.05) is 18.2 Å². The topological polar surface area (TPSA) is 113 Å². The standard InChI is InChI=1S/C25H33N3O6S2/c1-34-23-9-6-22-19-28(16-12-21(22)18-23)35(30,31)17-5-13-26-25(29)20-7-10-24(11-8-20)36(32,33)27-14-3-2-4-15-27/h6-11,18H,2-5,12-17,19H2,1H3,(H,26,29). The van der Waals surface area contributed by atoms with Crippen LogP contribution in [0.1, 0.15) is 47.2 Å². The summed E-state index contributed by atoms with van der Waals surface area (Å²) in [6, 6.07) is 11.6. The van der Waals surface area contributed by atoms with Gasteiger partial charge < -0.3 is 10.1 Å². The van der Waals surface area contributed by atoms with E-state index < -0.39 is 20.0 Å². The van der Waals surface area contributed by atoms with E-state index in [9.17, 15) is 21.6 Å². The highest BCUT2D eigenvalue weighted by Crippen LogP contribution is 2.25. The van der Waals surface area contributed by atoms with Gasteiger partial charge in [-0.15, -0.1) is 0 Å². The third-order valence-corrected chi connectivity index (χ3v) is 10.5. The van der Waals surface area contributed by atoms with Gasteiger partial charge in [0.25, 0.3) is 5.91 Å². The van der Waals surface area contributed by atoms with E-state index in [0.717, 1.165) is 36.1 Å². The molecule has 2 heterocycles. The molecule has 1 N–H and O–H groups in total. The highest BCUT2D eigenvalue weighted by atomic mass is 32.2. The fourth-order valence-corrected chi connectivity index (χ4v) is 7.58. The minimum Gasteiger partial charge on any atom is -0.497 e. The average Bonchev–Trinajstić information content (AvgIpc) is 2.91. The Bertz CT molecular complexity index is 1290. The van der Waals surface area contributed by atoms with Crippen molar-refractivity contribution in [3.8, 4) is 5.75 Å². The minimum absolute atomic E-state index is 0.0637. The molecule has 4 rings (SSSR count). The monoisotopic (exact) mass is 535 g/mol. The molecule has 36 heavy (non-hydrogen) atoms. The second-order valence-electron chi connectivity index (χ2n) is 9.13. The summed E-state index contributed by atoms with van der Waals surface area (Å²) in [7, 11) is -5.40. The summed E-state index contributed by atoms with van der Waals surface area (Å²) in [4.78, 5) is 12.7. The number of fused-ring (bicyclic) bond motifs is 1. The van der Waals surface area contributed by atoms with E-state index in [2.05, 4.69) is 5.32 Å². The lowest BCUT2D eigenvalue weighted by molar-refractivity contribution is 0.0953. The quantitative estimate of drug-likeness (QED) is 0.494. The Balaban J connectivity index is 1.26. The van der Waals surface area contributed by atoms with Gasteiger partial charge in [0.1, 0.15) is 5.75 Å². The van der Waals surface area contributed by atoms with Gasteiger partial charge in [-0.3, -0.25) is 4.79 Å². The van der Waals surface area contributed by atoms with E-state index in [1.54, 1.807) is 7.11 Å². The van der Waals surface area contributed by atoms with Crippen LogP contribution >= 0.6 is 0 Å². The first-order chi connectivity index (χ1) is 17.2. The van der Waals surface area contributed by atoms with Crippen LogP contribution in [-0.4, -0.2) is 70.4 Å². The normalized spacial score (nSPS) is 17.4. The molecule has 9 nitrogen and oxygen atoms in total. The Morgan fingerprint density at radius 1 is 0.917 bits per heavy atom. The van der Waals surface area contributed by atoms with Crippen molar-refractivity contribution < 1.29 is 26.4 Å². The Kier molecular flexibility index (Phi) is 8.34. The number of hydrogen-bond donors (Lipinski definition) is 1. The van der Waals surface area contributed by atoms with Crippen LogP contribution in [0.2, 0.25) is 0 Å². The Hall–Kier alpha value is -2.47. The first kappa shape index (κ1) is 26.6. The fraction of sp³-hybridized carbons (Fsp3) is 0.480. The number of rotatable bonds is 9. The van der Waals surface area contributed by atoms with Crippen molar-refractivity contribution in [2.45, 2.75) is 43.5 Å². The van der Waals surface area contributed by atoms with Crippen LogP contribution < -0.4 is 10.1 Å². The number of carbonyl (C=O) groups excluding carboxylic acids is 1. The van der Waals surface area contributed by atoms with Crippen molar-refractivity contribution in [2.24, 2.45) is 0 Å². The third kappa shape index (κ3) is 6.08. The average molecular weight is 536 g/mol. The molecule has 0 atom stereocenters. The smallest absolute Gasteiger partial charge is 0.251 e. The molecule has 2 aliphatic heterocycles. The molecule has 0 saturated carbocycles. The van der Waals surface area contributed by atoms with Crippen molar-refractivity contribution in [3.05, 3.63) is 59.2 Å². The van der Waals surface area contributed by atoms with Gasteiger partial charge in [-0.1, -0.05) is 12.5 Å². The SMILES string of the molecule is COc1ccc2c(c1)CCN(S(=O)(=O)CCCNC(=O)c1ccc(S(=O)(=O)N3CCCCC3)cc1)C2. The van der Waals surface area contributed by atoms with Gasteiger partial charge in [0.2, 0.25) is 20.0 Å². The minimum atomic E-state index is -3.55. The highest BCUT2D eigenvalue weighted by molar-refractivity contribution is 7.89. The van der Waals surface area contributed by atoms with Crippen LogP contribution in [0.15, 0.2) is 47.4 Å². The molecular weight excluding hydrogens is 502 g/mol. The van der Waals surface area contributed by atoms with Crippen molar-refractivity contribution >= 4 is 26.0 Å². The predicted molar refractivity (Wildman–Crippen MR) is 137 cm³/mol. The molecule has 2 aliphatic rings. The second kappa shape index (κ2) is 11.3. The predicted octanol–water partition coefficient (Wildman–Crippen LogP) is 2.38. The molecule has 0 unspecified atom stereocenters. The lowest BCUT2D eigenvalue weighted by Gasteiger charge is -2.28. The summed E-state index contributed by atoms with van der Waals surface area (Å²) in [5.41, 5.74) is 2.41. The first-order valence-corrected chi connectivity index (χ1v) is 15.3. The van der Waals surface area contributed by atoms with E-state index in [1.165, 1.54) is 32.9 Å². The maximum absolute atomic E-state index is 12.8. The number of piperidine rings is 1. The van der Waals surface area contributed by atoms with E-state index in [0.29, 0.717) is 38.2 Å². The van der Waals surface area contributed by atoms with Crippen LogP contribution in [0.25, 0.3) is 0 Å². The lowest BCUT2D eigenvalue weighted by atomic mass is 10.0. The van der Waals surface area contributed by atoms with E-state index >= 15 is 0 Å². The van der Waals surface area contributed by atoms with Gasteiger partial charge in [0.15, 0.2) is 0 Å². The summed E-state index contributed by atoms with van der Waals surface area (Å²) < 4.78 is 59.4. The molecular formula is C25H33N3O6S2. The van der Waals surface area contributed by atoms with Crippen molar-refractivity contribution in [1.82, 2.24) is 13.9 Å². The number of sulfonamides is 2. The van der Waals surface area contributed by atoms with Gasteiger partial charge in [0, 0.05) is 38.3 Å². The molecule has 1 amide bonds. The summed E-state index contributed by atoms with van der Waals surface area (Å²) in [6.45, 7) is 1.99. The maximum atomic E-state index is 12.8. The largest absolute Gasteiger partial charge is 0.497 e. The molecule has 196 valence electrons. The second-order valence-corrected chi connectivity index (χ2v) is 13.2. The van der Waals surface area contributed by atoms with Crippen LogP contribution in [0.4, 0.5) is 0 Å².